The van der Waals surface area contributed by atoms with Gasteiger partial charge < -0.3 is 16.0 Å². The fraction of sp³-hybridized carbons (Fsp3) is 0.538. The molecule has 1 aromatic heterocycles. The Kier molecular flexibility index (Phi) is 7.63. The maximum absolute atomic E-state index is 13.5. The number of benzene rings is 1. The van der Waals surface area contributed by atoms with Crippen LogP contribution in [0.2, 0.25) is 0 Å². The summed E-state index contributed by atoms with van der Waals surface area (Å²) in [4.78, 5) is 29.5. The Morgan fingerprint density at radius 1 is 1.06 bits per heavy atom. The van der Waals surface area contributed by atoms with E-state index in [0.717, 1.165) is 17.0 Å². The van der Waals surface area contributed by atoms with Crippen molar-refractivity contribution in [2.75, 3.05) is 19.6 Å². The Morgan fingerprint density at radius 2 is 1.78 bits per heavy atom. The lowest BCUT2D eigenvalue weighted by Gasteiger charge is -2.42. The number of piperidine rings is 1. The molecule has 6 heteroatoms. The quantitative estimate of drug-likeness (QED) is 0.668. The summed E-state index contributed by atoms with van der Waals surface area (Å²) in [6.45, 7) is 1.88. The van der Waals surface area contributed by atoms with Crippen LogP contribution in [0.4, 0.5) is 0 Å². The summed E-state index contributed by atoms with van der Waals surface area (Å²) in [5.41, 5.74) is 6.72. The van der Waals surface area contributed by atoms with Crippen LogP contribution in [0, 0.1) is 5.92 Å². The highest BCUT2D eigenvalue weighted by Gasteiger charge is 2.44. The van der Waals surface area contributed by atoms with Crippen LogP contribution in [0.15, 0.2) is 47.8 Å². The van der Waals surface area contributed by atoms with Gasteiger partial charge in [-0.1, -0.05) is 55.7 Å². The summed E-state index contributed by atoms with van der Waals surface area (Å²) in [5, 5.41) is 5.30. The van der Waals surface area contributed by atoms with Crippen LogP contribution in [0.5, 0.6) is 0 Å². The molecule has 2 fully saturated rings. The average Bonchev–Trinajstić information content (AvgIpc) is 3.36. The fourth-order valence-corrected chi connectivity index (χ4v) is 6.04. The van der Waals surface area contributed by atoms with Gasteiger partial charge >= 0.3 is 0 Å². The number of amides is 2. The van der Waals surface area contributed by atoms with Crippen LogP contribution in [0.25, 0.3) is 0 Å². The molecule has 3 N–H and O–H groups in total. The van der Waals surface area contributed by atoms with E-state index in [4.69, 9.17) is 5.73 Å². The molecule has 1 saturated heterocycles. The Hall–Kier alpha value is -2.18. The average molecular weight is 454 g/mol. The van der Waals surface area contributed by atoms with Crippen molar-refractivity contribution in [2.24, 2.45) is 11.7 Å². The van der Waals surface area contributed by atoms with Gasteiger partial charge in [-0.2, -0.15) is 0 Å². The summed E-state index contributed by atoms with van der Waals surface area (Å²) in [6, 6.07) is 13.6. The van der Waals surface area contributed by atoms with E-state index in [9.17, 15) is 9.59 Å². The van der Waals surface area contributed by atoms with E-state index in [0.29, 0.717) is 38.3 Å². The molecule has 0 radical (unpaired) electrons. The molecule has 5 nitrogen and oxygen atoms in total. The monoisotopic (exact) mass is 453 g/mol. The van der Waals surface area contributed by atoms with Gasteiger partial charge in [0.15, 0.2) is 0 Å². The minimum Gasteiger partial charge on any atom is -0.355 e. The normalized spacial score (nSPS) is 20.0. The van der Waals surface area contributed by atoms with Crippen LogP contribution >= 0.6 is 11.3 Å². The first-order valence-electron chi connectivity index (χ1n) is 12.0. The largest absolute Gasteiger partial charge is 0.355 e. The lowest BCUT2D eigenvalue weighted by Crippen LogP contribution is -2.55. The van der Waals surface area contributed by atoms with Gasteiger partial charge in [-0.3, -0.25) is 9.59 Å². The van der Waals surface area contributed by atoms with Crippen molar-refractivity contribution in [3.8, 4) is 0 Å². The summed E-state index contributed by atoms with van der Waals surface area (Å²) in [6.07, 6.45) is 8.11. The van der Waals surface area contributed by atoms with E-state index in [1.54, 1.807) is 11.3 Å². The van der Waals surface area contributed by atoms with Gasteiger partial charge in [-0.25, -0.2) is 0 Å². The first-order chi connectivity index (χ1) is 15.6. The number of hydrogen-bond donors (Lipinski definition) is 2. The number of nitrogens with one attached hydrogen (secondary N) is 1. The molecular weight excluding hydrogens is 418 g/mol. The number of hydrogen-bond acceptors (Lipinski definition) is 4. The third kappa shape index (κ3) is 5.24. The van der Waals surface area contributed by atoms with Gasteiger partial charge in [0, 0.05) is 30.9 Å². The second-order valence-corrected chi connectivity index (χ2v) is 10.4. The molecule has 0 bridgehead atoms. The van der Waals surface area contributed by atoms with Crippen molar-refractivity contribution >= 4 is 23.2 Å². The van der Waals surface area contributed by atoms with Crippen molar-refractivity contribution in [1.29, 1.82) is 0 Å². The number of nitrogens with zero attached hydrogens (tertiary/aromatic N) is 1. The number of thiophene rings is 1. The topological polar surface area (TPSA) is 75.4 Å². The molecule has 1 aliphatic heterocycles. The molecule has 2 heterocycles. The number of carbonyl (C=O) groups is 2. The van der Waals surface area contributed by atoms with Crippen LogP contribution in [0.1, 0.15) is 55.4 Å². The summed E-state index contributed by atoms with van der Waals surface area (Å²) >= 11 is 1.63. The third-order valence-electron chi connectivity index (χ3n) is 7.28. The van der Waals surface area contributed by atoms with Crippen LogP contribution in [0.3, 0.4) is 0 Å². The predicted octanol–water partition coefficient (Wildman–Crippen LogP) is 3.87. The summed E-state index contributed by atoms with van der Waals surface area (Å²) < 4.78 is 0. The molecule has 0 unspecified atom stereocenters. The van der Waals surface area contributed by atoms with Crippen molar-refractivity contribution in [2.45, 2.75) is 62.8 Å². The third-order valence-corrected chi connectivity index (χ3v) is 8.18. The van der Waals surface area contributed by atoms with E-state index < -0.39 is 11.5 Å². The highest BCUT2D eigenvalue weighted by Crippen LogP contribution is 2.36. The van der Waals surface area contributed by atoms with Crippen LogP contribution in [-0.4, -0.2) is 42.4 Å². The number of rotatable bonds is 7. The number of likely N-dealkylation sites (tertiary alicyclic amines) is 1. The smallest absolute Gasteiger partial charge is 0.239 e. The SMILES string of the molecule is N[C@@H](Cc1cccs1)C(=O)N1CCC(C(=O)NCC2CCCCC2)(c2ccccc2)CC1. The zero-order valence-corrected chi connectivity index (χ0v) is 19.6. The van der Waals surface area contributed by atoms with E-state index in [-0.39, 0.29) is 11.8 Å². The molecule has 2 aromatic rings. The zero-order chi connectivity index (χ0) is 22.4. The minimum atomic E-state index is -0.579. The maximum atomic E-state index is 13.5. The maximum Gasteiger partial charge on any atom is 0.239 e. The molecule has 32 heavy (non-hydrogen) atoms. The molecule has 4 rings (SSSR count). The fourth-order valence-electron chi connectivity index (χ4n) is 5.28. The standard InChI is InChI=1S/C26H35N3O2S/c27-23(18-22-12-7-17-32-22)24(30)29-15-13-26(14-16-29,21-10-5-2-6-11-21)25(31)28-19-20-8-3-1-4-9-20/h2,5-7,10-12,17,20,23H,1,3-4,8-9,13-16,18-19,27H2,(H,28,31)/t23-/m0/s1. The first-order valence-corrected chi connectivity index (χ1v) is 12.9. The van der Waals surface area contributed by atoms with Crippen molar-refractivity contribution in [1.82, 2.24) is 10.2 Å². The molecule has 2 amide bonds. The first kappa shape index (κ1) is 23.0. The van der Waals surface area contributed by atoms with E-state index >= 15 is 0 Å². The van der Waals surface area contributed by atoms with Gasteiger partial charge in [0.1, 0.15) is 0 Å². The number of nitrogens with two attached hydrogens (primary N) is 1. The molecule has 0 spiro atoms. The molecule has 1 aliphatic carbocycles. The van der Waals surface area contributed by atoms with Gasteiger partial charge in [0.05, 0.1) is 11.5 Å². The molecule has 1 aromatic carbocycles. The zero-order valence-electron chi connectivity index (χ0n) is 18.8. The molecule has 2 aliphatic rings. The highest BCUT2D eigenvalue weighted by molar-refractivity contribution is 7.09. The second-order valence-electron chi connectivity index (χ2n) is 9.38. The molecule has 1 atom stereocenters. The molecular formula is C26H35N3O2S. The Labute approximate surface area is 195 Å². The molecule has 1 saturated carbocycles. The summed E-state index contributed by atoms with van der Waals surface area (Å²) in [7, 11) is 0. The highest BCUT2D eigenvalue weighted by atomic mass is 32.1. The van der Waals surface area contributed by atoms with Gasteiger partial charge in [-0.15, -0.1) is 11.3 Å². The van der Waals surface area contributed by atoms with Crippen molar-refractivity contribution in [3.63, 3.8) is 0 Å². The Bertz CT molecular complexity index is 870. The van der Waals surface area contributed by atoms with Crippen LogP contribution < -0.4 is 11.1 Å². The van der Waals surface area contributed by atoms with Crippen molar-refractivity contribution < 1.29 is 9.59 Å². The Morgan fingerprint density at radius 3 is 2.44 bits per heavy atom. The minimum absolute atomic E-state index is 0.0114. The lowest BCUT2D eigenvalue weighted by atomic mass is 9.71. The predicted molar refractivity (Wildman–Crippen MR) is 130 cm³/mol. The lowest BCUT2D eigenvalue weighted by molar-refractivity contribution is -0.138. The van der Waals surface area contributed by atoms with Gasteiger partial charge in [-0.05, 0) is 48.6 Å². The molecule has 172 valence electrons. The number of carbonyl (C=O) groups excluding carboxylic acids is 2. The van der Waals surface area contributed by atoms with Crippen LogP contribution in [-0.2, 0) is 21.4 Å². The van der Waals surface area contributed by atoms with E-state index in [2.05, 4.69) is 17.4 Å². The second kappa shape index (κ2) is 10.6. The van der Waals surface area contributed by atoms with E-state index in [1.807, 2.05) is 40.6 Å². The Balaban J connectivity index is 1.42. The summed E-state index contributed by atoms with van der Waals surface area (Å²) in [5.74, 6) is 0.698. The van der Waals surface area contributed by atoms with Crippen molar-refractivity contribution in [3.05, 3.63) is 58.3 Å². The van der Waals surface area contributed by atoms with E-state index in [1.165, 1.54) is 32.1 Å². The van der Waals surface area contributed by atoms with Gasteiger partial charge in [0.25, 0.3) is 0 Å². The van der Waals surface area contributed by atoms with Gasteiger partial charge in [0.2, 0.25) is 11.8 Å².